The minimum atomic E-state index is -0.368. The van der Waals surface area contributed by atoms with Crippen molar-refractivity contribution < 1.29 is 9.53 Å². The zero-order valence-electron chi connectivity index (χ0n) is 18.0. The predicted octanol–water partition coefficient (Wildman–Crippen LogP) is 5.22. The normalized spacial score (nSPS) is 11.1. The Hall–Kier alpha value is -3.38. The van der Waals surface area contributed by atoms with E-state index < -0.39 is 0 Å². The summed E-state index contributed by atoms with van der Waals surface area (Å²) in [5, 5.41) is 0.280. The Morgan fingerprint density at radius 2 is 1.91 bits per heavy atom. The molecular weight excluding hydrogens is 426 g/mol. The van der Waals surface area contributed by atoms with Crippen LogP contribution >= 0.6 is 11.6 Å². The first-order valence-corrected chi connectivity index (χ1v) is 10.9. The monoisotopic (exact) mass is 449 g/mol. The highest BCUT2D eigenvalue weighted by Crippen LogP contribution is 2.26. The van der Waals surface area contributed by atoms with Crippen molar-refractivity contribution in [3.05, 3.63) is 87.1 Å². The highest BCUT2D eigenvalue weighted by Gasteiger charge is 2.16. The number of aryl methyl sites for hydroxylation is 1. The summed E-state index contributed by atoms with van der Waals surface area (Å²) in [5.74, 6) is 0.503. The molecule has 0 aliphatic rings. The maximum absolute atomic E-state index is 12.6. The number of aromatic nitrogens is 3. The van der Waals surface area contributed by atoms with Crippen molar-refractivity contribution in [2.45, 2.75) is 32.7 Å². The van der Waals surface area contributed by atoms with Crippen molar-refractivity contribution >= 4 is 28.6 Å². The third-order valence-corrected chi connectivity index (χ3v) is 5.68. The maximum atomic E-state index is 12.6. The van der Waals surface area contributed by atoms with Gasteiger partial charge in [0, 0.05) is 19.0 Å². The van der Waals surface area contributed by atoms with Gasteiger partial charge in [-0.1, -0.05) is 67.4 Å². The molecule has 1 N–H and O–H groups in total. The topological polar surface area (TPSA) is 77.0 Å². The Morgan fingerprint density at radius 3 is 2.62 bits per heavy atom. The number of unbranched alkanes of at least 4 members (excludes halogenated alkanes) is 1. The zero-order valence-corrected chi connectivity index (χ0v) is 18.8. The van der Waals surface area contributed by atoms with Gasteiger partial charge in [-0.05, 0) is 29.2 Å². The van der Waals surface area contributed by atoms with E-state index in [4.69, 9.17) is 16.3 Å². The number of carbonyl (C=O) groups is 1. The van der Waals surface area contributed by atoms with Gasteiger partial charge in [0.1, 0.15) is 16.5 Å². The average Bonchev–Trinajstić information content (AvgIpc) is 3.14. The van der Waals surface area contributed by atoms with Crippen LogP contribution in [-0.4, -0.2) is 27.6 Å². The van der Waals surface area contributed by atoms with E-state index in [1.807, 2.05) is 47.0 Å². The number of H-pyrrole nitrogens is 1. The van der Waals surface area contributed by atoms with E-state index >= 15 is 0 Å². The maximum Gasteiger partial charge on any atom is 0.338 e. The second-order valence-electron chi connectivity index (χ2n) is 7.63. The molecule has 0 spiro atoms. The van der Waals surface area contributed by atoms with Gasteiger partial charge in [-0.2, -0.15) is 0 Å². The molecule has 0 saturated carbocycles. The number of ether oxygens (including phenoxy) is 1. The van der Waals surface area contributed by atoms with Crippen molar-refractivity contribution in [2.75, 3.05) is 7.11 Å². The lowest BCUT2D eigenvalue weighted by Crippen LogP contribution is -2.13. The van der Waals surface area contributed by atoms with Crippen molar-refractivity contribution in [3.63, 3.8) is 0 Å². The molecule has 164 valence electrons. The molecule has 6 nitrogen and oxygen atoms in total. The van der Waals surface area contributed by atoms with Crippen LogP contribution in [-0.2, 0) is 17.7 Å². The quantitative estimate of drug-likeness (QED) is 0.310. The third-order valence-electron chi connectivity index (χ3n) is 5.48. The fraction of sp³-hybridized carbons (Fsp3) is 0.240. The number of imidazole rings is 1. The Morgan fingerprint density at radius 1 is 1.16 bits per heavy atom. The molecule has 0 aliphatic carbocycles. The molecule has 0 fully saturated rings. The van der Waals surface area contributed by atoms with E-state index in [2.05, 4.69) is 16.9 Å². The summed E-state index contributed by atoms with van der Waals surface area (Å²) in [4.78, 5) is 32.1. The molecular formula is C25H24ClN3O3. The van der Waals surface area contributed by atoms with Gasteiger partial charge in [-0.25, -0.2) is 9.78 Å². The molecule has 0 radical (unpaired) electrons. The van der Waals surface area contributed by atoms with E-state index in [9.17, 15) is 9.59 Å². The molecule has 7 heteroatoms. The van der Waals surface area contributed by atoms with Crippen LogP contribution < -0.4 is 5.56 Å². The van der Waals surface area contributed by atoms with Gasteiger partial charge in [0.15, 0.2) is 0 Å². The largest absolute Gasteiger partial charge is 0.465 e. The number of carbonyl (C=O) groups excluding carboxylic acids is 1. The van der Waals surface area contributed by atoms with Crippen LogP contribution in [0.2, 0.25) is 5.15 Å². The number of methoxy groups -OCH3 is 1. The molecule has 32 heavy (non-hydrogen) atoms. The van der Waals surface area contributed by atoms with Gasteiger partial charge in [0.25, 0.3) is 5.56 Å². The van der Waals surface area contributed by atoms with Crippen LogP contribution in [0, 0.1) is 0 Å². The molecule has 2 aromatic carbocycles. The summed E-state index contributed by atoms with van der Waals surface area (Å²) in [5.41, 5.74) is 4.17. The summed E-state index contributed by atoms with van der Waals surface area (Å²) >= 11 is 6.03. The molecule has 0 atom stereocenters. The first kappa shape index (κ1) is 21.8. The standard InChI is InChI=1S/C25H24ClN3O3/c1-3-4-9-22-27-20-14-21(26)28-24(30)23(20)29(22)15-16-10-12-17(13-11-16)18-7-5-6-8-19(18)25(31)32-2/h5-8,10-14H,3-4,9,15H2,1-2H3,(H,28,30). The summed E-state index contributed by atoms with van der Waals surface area (Å²) < 4.78 is 6.88. The number of esters is 1. The SMILES string of the molecule is CCCCc1nc2cc(Cl)[nH]c(=O)c2n1Cc1ccc(-c2ccccc2C(=O)OC)cc1. The van der Waals surface area contributed by atoms with Crippen LogP contribution in [0.4, 0.5) is 0 Å². The molecule has 2 aromatic heterocycles. The first-order valence-electron chi connectivity index (χ1n) is 10.6. The van der Waals surface area contributed by atoms with E-state index in [-0.39, 0.29) is 16.7 Å². The Balaban J connectivity index is 1.70. The second kappa shape index (κ2) is 9.40. The molecule has 0 saturated heterocycles. The number of hydrogen-bond donors (Lipinski definition) is 1. The van der Waals surface area contributed by atoms with Gasteiger partial charge < -0.3 is 14.3 Å². The number of benzene rings is 2. The van der Waals surface area contributed by atoms with Crippen molar-refractivity contribution in [2.24, 2.45) is 0 Å². The zero-order chi connectivity index (χ0) is 22.7. The van der Waals surface area contributed by atoms with E-state index in [1.165, 1.54) is 7.11 Å². The molecule has 0 amide bonds. The average molecular weight is 450 g/mol. The Kier molecular flexibility index (Phi) is 6.42. The fourth-order valence-corrected chi connectivity index (χ4v) is 4.06. The summed E-state index contributed by atoms with van der Waals surface area (Å²) in [6, 6.07) is 17.0. The number of nitrogens with zero attached hydrogens (tertiary/aromatic N) is 2. The molecule has 4 rings (SSSR count). The smallest absolute Gasteiger partial charge is 0.338 e. The van der Waals surface area contributed by atoms with Crippen LogP contribution in [0.5, 0.6) is 0 Å². The summed E-state index contributed by atoms with van der Waals surface area (Å²) in [6.45, 7) is 2.64. The number of rotatable bonds is 7. The van der Waals surface area contributed by atoms with Crippen LogP contribution in [0.3, 0.4) is 0 Å². The van der Waals surface area contributed by atoms with E-state index in [0.29, 0.717) is 23.1 Å². The van der Waals surface area contributed by atoms with Crippen LogP contribution in [0.1, 0.15) is 41.5 Å². The number of hydrogen-bond acceptors (Lipinski definition) is 4. The van der Waals surface area contributed by atoms with Crippen molar-refractivity contribution in [1.29, 1.82) is 0 Å². The number of halogens is 1. The van der Waals surface area contributed by atoms with E-state index in [0.717, 1.165) is 41.8 Å². The molecule has 0 aliphatic heterocycles. The molecule has 0 bridgehead atoms. The lowest BCUT2D eigenvalue weighted by atomic mass is 9.98. The summed E-state index contributed by atoms with van der Waals surface area (Å²) in [6.07, 6.45) is 2.81. The first-order chi connectivity index (χ1) is 15.5. The lowest BCUT2D eigenvalue weighted by Gasteiger charge is -2.11. The summed E-state index contributed by atoms with van der Waals surface area (Å²) in [7, 11) is 1.38. The molecule has 2 heterocycles. The molecule has 0 unspecified atom stereocenters. The van der Waals surface area contributed by atoms with Gasteiger partial charge in [-0.3, -0.25) is 4.79 Å². The van der Waals surface area contributed by atoms with Crippen molar-refractivity contribution in [3.8, 4) is 11.1 Å². The number of pyridine rings is 1. The Labute approximate surface area is 190 Å². The van der Waals surface area contributed by atoms with Crippen LogP contribution in [0.25, 0.3) is 22.2 Å². The van der Waals surface area contributed by atoms with Gasteiger partial charge in [0.05, 0.1) is 18.2 Å². The lowest BCUT2D eigenvalue weighted by molar-refractivity contribution is 0.0601. The predicted molar refractivity (Wildman–Crippen MR) is 126 cm³/mol. The van der Waals surface area contributed by atoms with Crippen LogP contribution in [0.15, 0.2) is 59.4 Å². The number of nitrogens with one attached hydrogen (secondary N) is 1. The fourth-order valence-electron chi connectivity index (χ4n) is 3.87. The van der Waals surface area contributed by atoms with Crippen molar-refractivity contribution in [1.82, 2.24) is 14.5 Å². The van der Waals surface area contributed by atoms with E-state index in [1.54, 1.807) is 12.1 Å². The number of aromatic amines is 1. The van der Waals surface area contributed by atoms with Gasteiger partial charge in [0.2, 0.25) is 0 Å². The highest BCUT2D eigenvalue weighted by molar-refractivity contribution is 6.29. The third kappa shape index (κ3) is 4.32. The Bertz CT molecular complexity index is 1320. The van der Waals surface area contributed by atoms with Gasteiger partial charge in [-0.15, -0.1) is 0 Å². The van der Waals surface area contributed by atoms with Gasteiger partial charge >= 0.3 is 5.97 Å². The number of fused-ring (bicyclic) bond motifs is 1. The molecule has 4 aromatic rings. The highest BCUT2D eigenvalue weighted by atomic mass is 35.5. The second-order valence-corrected chi connectivity index (χ2v) is 8.04. The minimum absolute atomic E-state index is 0.244. The minimum Gasteiger partial charge on any atom is -0.465 e.